The number of thiophene rings is 1. The summed E-state index contributed by atoms with van der Waals surface area (Å²) in [5, 5.41) is 0.639. The molecule has 14 heavy (non-hydrogen) atoms. The van der Waals surface area contributed by atoms with Gasteiger partial charge >= 0.3 is 0 Å². The first-order chi connectivity index (χ1) is 6.74. The standard InChI is InChI=1S/C10H9FO2S/c1-12-7-3-6-4-10(11)14-9(6)5-8(7)13-2/h3-5H,1-2H3. The van der Waals surface area contributed by atoms with E-state index in [0.29, 0.717) is 11.5 Å². The zero-order chi connectivity index (χ0) is 10.1. The van der Waals surface area contributed by atoms with Crippen molar-refractivity contribution >= 4 is 21.4 Å². The average molecular weight is 212 g/mol. The molecule has 0 aliphatic carbocycles. The molecule has 0 bridgehead atoms. The van der Waals surface area contributed by atoms with Gasteiger partial charge in [-0.1, -0.05) is 0 Å². The van der Waals surface area contributed by atoms with E-state index >= 15 is 0 Å². The minimum Gasteiger partial charge on any atom is -0.493 e. The van der Waals surface area contributed by atoms with Gasteiger partial charge in [-0.15, -0.1) is 11.3 Å². The van der Waals surface area contributed by atoms with Crippen molar-refractivity contribution < 1.29 is 13.9 Å². The van der Waals surface area contributed by atoms with E-state index in [1.807, 2.05) is 0 Å². The van der Waals surface area contributed by atoms with E-state index in [4.69, 9.17) is 9.47 Å². The number of benzene rings is 1. The van der Waals surface area contributed by atoms with Crippen molar-refractivity contribution in [1.82, 2.24) is 0 Å². The summed E-state index contributed by atoms with van der Waals surface area (Å²) >= 11 is 1.10. The fraction of sp³-hybridized carbons (Fsp3) is 0.200. The molecule has 1 heterocycles. The molecule has 1 aromatic carbocycles. The molecule has 0 amide bonds. The van der Waals surface area contributed by atoms with Crippen molar-refractivity contribution in [3.05, 3.63) is 23.3 Å². The van der Waals surface area contributed by atoms with Crippen molar-refractivity contribution in [2.45, 2.75) is 0 Å². The molecule has 0 radical (unpaired) electrons. The molecule has 0 aliphatic rings. The van der Waals surface area contributed by atoms with Gasteiger partial charge in [-0.2, -0.15) is 4.39 Å². The Bertz CT molecular complexity index is 423. The summed E-state index contributed by atoms with van der Waals surface area (Å²) in [6.07, 6.45) is 0. The van der Waals surface area contributed by atoms with Gasteiger partial charge in [0.15, 0.2) is 16.6 Å². The second-order valence-electron chi connectivity index (χ2n) is 2.80. The predicted molar refractivity (Wildman–Crippen MR) is 54.9 cm³/mol. The predicted octanol–water partition coefficient (Wildman–Crippen LogP) is 3.06. The zero-order valence-electron chi connectivity index (χ0n) is 7.83. The molecule has 0 N–H and O–H groups in total. The Morgan fingerprint density at radius 3 is 2.36 bits per heavy atom. The number of hydrogen-bond donors (Lipinski definition) is 0. The summed E-state index contributed by atoms with van der Waals surface area (Å²) in [5.41, 5.74) is 0. The highest BCUT2D eigenvalue weighted by atomic mass is 32.1. The Balaban J connectivity index is 2.68. The van der Waals surface area contributed by atoms with Crippen LogP contribution in [0.4, 0.5) is 4.39 Å². The number of halogens is 1. The Morgan fingerprint density at radius 2 is 1.71 bits per heavy atom. The maximum atomic E-state index is 12.9. The molecule has 0 unspecified atom stereocenters. The highest BCUT2D eigenvalue weighted by Gasteiger charge is 2.08. The third-order valence-corrected chi connectivity index (χ3v) is 2.88. The van der Waals surface area contributed by atoms with E-state index in [0.717, 1.165) is 21.4 Å². The van der Waals surface area contributed by atoms with Crippen LogP contribution in [0.5, 0.6) is 11.5 Å². The fourth-order valence-corrected chi connectivity index (χ4v) is 2.13. The molecule has 0 fully saturated rings. The minimum absolute atomic E-state index is 0.199. The highest BCUT2D eigenvalue weighted by Crippen LogP contribution is 2.35. The maximum Gasteiger partial charge on any atom is 0.177 e. The van der Waals surface area contributed by atoms with Crippen molar-refractivity contribution in [2.24, 2.45) is 0 Å². The van der Waals surface area contributed by atoms with Crippen LogP contribution < -0.4 is 9.47 Å². The lowest BCUT2D eigenvalue weighted by Gasteiger charge is -2.06. The van der Waals surface area contributed by atoms with Crippen LogP contribution in [-0.4, -0.2) is 14.2 Å². The van der Waals surface area contributed by atoms with Gasteiger partial charge in [0.05, 0.1) is 14.2 Å². The van der Waals surface area contributed by atoms with Gasteiger partial charge in [0.25, 0.3) is 0 Å². The summed E-state index contributed by atoms with van der Waals surface area (Å²) in [5.74, 6) is 1.25. The Morgan fingerprint density at radius 1 is 1.07 bits per heavy atom. The maximum absolute atomic E-state index is 12.9. The third kappa shape index (κ3) is 1.42. The van der Waals surface area contributed by atoms with Crippen molar-refractivity contribution in [3.8, 4) is 11.5 Å². The summed E-state index contributed by atoms with van der Waals surface area (Å²) < 4.78 is 24.0. The lowest BCUT2D eigenvalue weighted by Crippen LogP contribution is -1.89. The SMILES string of the molecule is COc1cc2cc(F)sc2cc1OC. The van der Waals surface area contributed by atoms with E-state index in [2.05, 4.69) is 0 Å². The molecule has 1 aromatic heterocycles. The molecule has 0 spiro atoms. The van der Waals surface area contributed by atoms with Gasteiger partial charge in [0, 0.05) is 10.8 Å². The van der Waals surface area contributed by atoms with Gasteiger partial charge in [0.1, 0.15) is 0 Å². The largest absolute Gasteiger partial charge is 0.493 e. The second kappa shape index (κ2) is 3.46. The summed E-state index contributed by atoms with van der Waals surface area (Å²) in [6.45, 7) is 0. The number of rotatable bonds is 2. The number of hydrogen-bond acceptors (Lipinski definition) is 3. The van der Waals surface area contributed by atoms with Crippen LogP contribution in [0.1, 0.15) is 0 Å². The number of methoxy groups -OCH3 is 2. The first-order valence-corrected chi connectivity index (χ1v) is 4.87. The van der Waals surface area contributed by atoms with Crippen LogP contribution in [-0.2, 0) is 0 Å². The first-order valence-electron chi connectivity index (χ1n) is 4.05. The van der Waals surface area contributed by atoms with Crippen LogP contribution in [0.2, 0.25) is 0 Å². The molecule has 0 saturated carbocycles. The number of fused-ring (bicyclic) bond motifs is 1. The van der Waals surface area contributed by atoms with Gasteiger partial charge in [0.2, 0.25) is 0 Å². The Kier molecular flexibility index (Phi) is 2.29. The minimum atomic E-state index is -0.199. The van der Waals surface area contributed by atoms with E-state index in [1.165, 1.54) is 6.07 Å². The van der Waals surface area contributed by atoms with E-state index < -0.39 is 0 Å². The monoisotopic (exact) mass is 212 g/mol. The van der Waals surface area contributed by atoms with Crippen LogP contribution in [0.3, 0.4) is 0 Å². The van der Waals surface area contributed by atoms with Gasteiger partial charge in [-0.25, -0.2) is 0 Å². The zero-order valence-corrected chi connectivity index (χ0v) is 8.65. The lowest BCUT2D eigenvalue weighted by molar-refractivity contribution is 0.356. The molecule has 0 aliphatic heterocycles. The molecule has 2 rings (SSSR count). The Labute approximate surface area is 84.9 Å². The van der Waals surface area contributed by atoms with Crippen LogP contribution in [0.15, 0.2) is 18.2 Å². The molecule has 2 nitrogen and oxygen atoms in total. The van der Waals surface area contributed by atoms with Crippen molar-refractivity contribution in [1.29, 1.82) is 0 Å². The molecule has 4 heteroatoms. The van der Waals surface area contributed by atoms with Crippen LogP contribution in [0.25, 0.3) is 10.1 Å². The third-order valence-electron chi connectivity index (χ3n) is 1.99. The van der Waals surface area contributed by atoms with Crippen LogP contribution >= 0.6 is 11.3 Å². The molecule has 74 valence electrons. The normalized spacial score (nSPS) is 10.5. The summed E-state index contributed by atoms with van der Waals surface area (Å²) in [6, 6.07) is 5.04. The fourth-order valence-electron chi connectivity index (χ4n) is 1.33. The summed E-state index contributed by atoms with van der Waals surface area (Å²) in [4.78, 5) is 0. The highest BCUT2D eigenvalue weighted by molar-refractivity contribution is 7.17. The van der Waals surface area contributed by atoms with Crippen LogP contribution in [0, 0.1) is 5.13 Å². The smallest absolute Gasteiger partial charge is 0.177 e. The number of ether oxygens (including phenoxy) is 2. The molecular weight excluding hydrogens is 203 g/mol. The molecular formula is C10H9FO2S. The quantitative estimate of drug-likeness (QED) is 0.761. The van der Waals surface area contributed by atoms with Crippen molar-refractivity contribution in [2.75, 3.05) is 14.2 Å². The van der Waals surface area contributed by atoms with E-state index in [9.17, 15) is 4.39 Å². The van der Waals surface area contributed by atoms with Gasteiger partial charge < -0.3 is 9.47 Å². The summed E-state index contributed by atoms with van der Waals surface area (Å²) in [7, 11) is 3.13. The first kappa shape index (κ1) is 9.27. The van der Waals surface area contributed by atoms with Crippen molar-refractivity contribution in [3.63, 3.8) is 0 Å². The Hall–Kier alpha value is -1.29. The van der Waals surface area contributed by atoms with E-state index in [1.54, 1.807) is 26.4 Å². The lowest BCUT2D eigenvalue weighted by atomic mass is 10.2. The second-order valence-corrected chi connectivity index (χ2v) is 3.83. The topological polar surface area (TPSA) is 18.5 Å². The van der Waals surface area contributed by atoms with Gasteiger partial charge in [-0.3, -0.25) is 0 Å². The molecule has 2 aromatic rings. The molecule has 0 atom stereocenters. The molecule has 0 saturated heterocycles. The average Bonchev–Trinajstić information content (AvgIpc) is 2.54. The van der Waals surface area contributed by atoms with E-state index in [-0.39, 0.29) is 5.13 Å². The van der Waals surface area contributed by atoms with Gasteiger partial charge in [-0.05, 0) is 17.5 Å².